The molecule has 3 heterocycles. The van der Waals surface area contributed by atoms with Crippen molar-refractivity contribution in [3.05, 3.63) is 69.9 Å². The second-order valence-corrected chi connectivity index (χ2v) is 9.67. The Morgan fingerprint density at radius 1 is 1.03 bits per heavy atom. The number of hydrogen-bond acceptors (Lipinski definition) is 6. The van der Waals surface area contributed by atoms with Gasteiger partial charge in [0.2, 0.25) is 6.79 Å². The fourth-order valence-corrected chi connectivity index (χ4v) is 5.82. The average molecular weight is 431 g/mol. The van der Waals surface area contributed by atoms with Crippen LogP contribution in [0.5, 0.6) is 11.5 Å². The molecule has 31 heavy (non-hydrogen) atoms. The summed E-state index contributed by atoms with van der Waals surface area (Å²) in [5.41, 5.74) is 3.95. The lowest BCUT2D eigenvalue weighted by Gasteiger charge is -2.33. The van der Waals surface area contributed by atoms with Gasteiger partial charge in [0, 0.05) is 21.9 Å². The van der Waals surface area contributed by atoms with E-state index in [9.17, 15) is 4.79 Å². The number of rotatable bonds is 2. The number of hydrogen-bond donors (Lipinski definition) is 1. The highest BCUT2D eigenvalue weighted by Crippen LogP contribution is 2.46. The molecule has 2 aliphatic heterocycles. The molecular formula is C25H22N2O3S. The van der Waals surface area contributed by atoms with Crippen LogP contribution in [0, 0.1) is 12.8 Å². The first-order chi connectivity index (χ1) is 15.2. The van der Waals surface area contributed by atoms with E-state index in [-0.39, 0.29) is 30.5 Å². The quantitative estimate of drug-likeness (QED) is 0.559. The number of benzene rings is 2. The Morgan fingerprint density at radius 2 is 1.90 bits per heavy atom. The lowest BCUT2D eigenvalue weighted by Crippen LogP contribution is -2.38. The second-order valence-electron chi connectivity index (χ2n) is 8.35. The Balaban J connectivity index is 1.41. The van der Waals surface area contributed by atoms with Gasteiger partial charge in [0.1, 0.15) is 5.78 Å². The summed E-state index contributed by atoms with van der Waals surface area (Å²) in [5.74, 6) is 1.60. The molecule has 3 aromatic rings. The van der Waals surface area contributed by atoms with Crippen molar-refractivity contribution < 1.29 is 14.3 Å². The van der Waals surface area contributed by atoms with Gasteiger partial charge in [-0.2, -0.15) is 0 Å². The molecule has 6 heteroatoms. The number of fused-ring (bicyclic) bond motifs is 3. The van der Waals surface area contributed by atoms with Gasteiger partial charge in [-0.1, -0.05) is 18.2 Å². The van der Waals surface area contributed by atoms with Gasteiger partial charge in [0.15, 0.2) is 11.5 Å². The fourth-order valence-electron chi connectivity index (χ4n) is 4.86. The lowest BCUT2D eigenvalue weighted by atomic mass is 9.73. The third-order valence-electron chi connectivity index (χ3n) is 6.36. The zero-order valence-electron chi connectivity index (χ0n) is 17.1. The predicted octanol–water partition coefficient (Wildman–Crippen LogP) is 5.79. The van der Waals surface area contributed by atoms with Crippen molar-refractivity contribution in [3.8, 4) is 11.5 Å². The van der Waals surface area contributed by atoms with Gasteiger partial charge in [-0.05, 0) is 61.2 Å². The Bertz CT molecular complexity index is 1210. The Labute approximate surface area is 184 Å². The second kappa shape index (κ2) is 7.24. The normalized spacial score (nSPS) is 24.0. The van der Waals surface area contributed by atoms with E-state index in [0.717, 1.165) is 40.6 Å². The van der Waals surface area contributed by atoms with E-state index in [2.05, 4.69) is 30.4 Å². The third-order valence-corrected chi connectivity index (χ3v) is 7.44. The largest absolute Gasteiger partial charge is 0.454 e. The van der Waals surface area contributed by atoms with Crippen molar-refractivity contribution in [2.24, 2.45) is 10.9 Å². The van der Waals surface area contributed by atoms with E-state index in [1.807, 2.05) is 36.4 Å². The number of Topliss-reactive ketones (excluding diaryl/α,β-unsaturated/α-hetero) is 1. The van der Waals surface area contributed by atoms with Crippen LogP contribution in [-0.2, 0) is 4.79 Å². The fraction of sp³-hybridized carbons (Fsp3) is 0.280. The molecule has 2 aromatic carbocycles. The number of ketones is 1. The number of thiophene rings is 1. The van der Waals surface area contributed by atoms with Crippen molar-refractivity contribution in [2.75, 3.05) is 12.1 Å². The monoisotopic (exact) mass is 430 g/mol. The number of carbonyl (C=O) groups is 1. The van der Waals surface area contributed by atoms with E-state index >= 15 is 0 Å². The topological polar surface area (TPSA) is 59.9 Å². The molecule has 3 aliphatic rings. The van der Waals surface area contributed by atoms with Gasteiger partial charge in [-0.3, -0.25) is 9.79 Å². The van der Waals surface area contributed by atoms with Gasteiger partial charge in [0.25, 0.3) is 0 Å². The number of nitrogens with zero attached hydrogens (tertiary/aromatic N) is 1. The van der Waals surface area contributed by atoms with Crippen LogP contribution in [0.3, 0.4) is 0 Å². The average Bonchev–Trinajstić information content (AvgIpc) is 3.38. The smallest absolute Gasteiger partial charge is 0.231 e. The summed E-state index contributed by atoms with van der Waals surface area (Å²) in [4.78, 5) is 21.0. The molecule has 6 rings (SSSR count). The summed E-state index contributed by atoms with van der Waals surface area (Å²) in [5, 5.41) is 3.65. The first-order valence-electron chi connectivity index (χ1n) is 10.6. The van der Waals surface area contributed by atoms with E-state index in [0.29, 0.717) is 6.42 Å². The zero-order chi connectivity index (χ0) is 20.9. The van der Waals surface area contributed by atoms with E-state index < -0.39 is 0 Å². The van der Waals surface area contributed by atoms with Gasteiger partial charge in [-0.15, -0.1) is 11.3 Å². The molecule has 1 saturated carbocycles. The van der Waals surface area contributed by atoms with Crippen LogP contribution in [0.2, 0.25) is 0 Å². The minimum absolute atomic E-state index is 0.0907. The van der Waals surface area contributed by atoms with E-state index in [4.69, 9.17) is 14.5 Å². The standard InChI is InChI=1S/C25H22N2O3S/c1-14-6-9-23(31-14)25-24-19(26-17-4-2-3-5-18(17)27-25)10-16(11-20(24)28)15-7-8-21-22(12-15)30-13-29-21/h2-9,12,16,24-25,27H,10-11,13H2,1H3. The third kappa shape index (κ3) is 3.22. The number of aryl methyl sites for hydroxylation is 1. The summed E-state index contributed by atoms with van der Waals surface area (Å²) in [6, 6.07) is 18.2. The van der Waals surface area contributed by atoms with Gasteiger partial charge < -0.3 is 14.8 Å². The van der Waals surface area contributed by atoms with Crippen molar-refractivity contribution in [1.29, 1.82) is 0 Å². The molecule has 5 nitrogen and oxygen atoms in total. The van der Waals surface area contributed by atoms with Crippen molar-refractivity contribution in [3.63, 3.8) is 0 Å². The summed E-state index contributed by atoms with van der Waals surface area (Å²) in [7, 11) is 0. The molecule has 1 N–H and O–H groups in total. The van der Waals surface area contributed by atoms with Crippen molar-refractivity contribution in [2.45, 2.75) is 31.7 Å². The molecule has 0 amide bonds. The summed E-state index contributed by atoms with van der Waals surface area (Å²) in [6.45, 7) is 2.35. The zero-order valence-corrected chi connectivity index (χ0v) is 17.9. The molecule has 0 spiro atoms. The number of aliphatic imine (C=N–C) groups is 1. The molecular weight excluding hydrogens is 408 g/mol. The maximum atomic E-state index is 13.6. The molecule has 156 valence electrons. The van der Waals surface area contributed by atoms with Gasteiger partial charge >= 0.3 is 0 Å². The van der Waals surface area contributed by atoms with Crippen LogP contribution in [0.25, 0.3) is 0 Å². The van der Waals surface area contributed by atoms with Crippen LogP contribution >= 0.6 is 11.3 Å². The van der Waals surface area contributed by atoms with Crippen molar-refractivity contribution >= 4 is 34.2 Å². The molecule has 0 saturated heterocycles. The highest BCUT2D eigenvalue weighted by Gasteiger charge is 2.42. The molecule has 1 aromatic heterocycles. The first-order valence-corrected chi connectivity index (χ1v) is 11.4. The minimum Gasteiger partial charge on any atom is -0.454 e. The van der Waals surface area contributed by atoms with Crippen LogP contribution in [-0.4, -0.2) is 18.3 Å². The highest BCUT2D eigenvalue weighted by molar-refractivity contribution is 7.12. The molecule has 1 aliphatic carbocycles. The van der Waals surface area contributed by atoms with Crippen molar-refractivity contribution in [1.82, 2.24) is 0 Å². The first kappa shape index (κ1) is 18.6. The Kier molecular flexibility index (Phi) is 4.35. The van der Waals surface area contributed by atoms with Gasteiger partial charge in [-0.25, -0.2) is 0 Å². The number of para-hydroxylation sites is 2. The molecule has 0 radical (unpaired) electrons. The summed E-state index contributed by atoms with van der Waals surface area (Å²) >= 11 is 1.75. The maximum absolute atomic E-state index is 13.6. The molecule has 0 bridgehead atoms. The van der Waals surface area contributed by atoms with Gasteiger partial charge in [0.05, 0.1) is 23.3 Å². The van der Waals surface area contributed by atoms with Crippen LogP contribution in [0.15, 0.2) is 59.6 Å². The highest BCUT2D eigenvalue weighted by atomic mass is 32.1. The SMILES string of the molecule is Cc1ccc(C2Nc3ccccc3N=C3CC(c4ccc5c(c4)OCO5)CC(=O)C32)s1. The van der Waals surface area contributed by atoms with Crippen LogP contribution in [0.4, 0.5) is 11.4 Å². The molecule has 3 unspecified atom stereocenters. The molecule has 3 atom stereocenters. The van der Waals surface area contributed by atoms with Crippen LogP contribution in [0.1, 0.15) is 40.1 Å². The summed E-state index contributed by atoms with van der Waals surface area (Å²) in [6.07, 6.45) is 1.26. The van der Waals surface area contributed by atoms with E-state index in [1.54, 1.807) is 11.3 Å². The summed E-state index contributed by atoms with van der Waals surface area (Å²) < 4.78 is 11.0. The number of anilines is 1. The minimum atomic E-state index is -0.254. The number of ether oxygens (including phenoxy) is 2. The lowest BCUT2D eigenvalue weighted by molar-refractivity contribution is -0.122. The van der Waals surface area contributed by atoms with Crippen LogP contribution < -0.4 is 14.8 Å². The molecule has 1 fully saturated rings. The Morgan fingerprint density at radius 3 is 2.77 bits per heavy atom. The maximum Gasteiger partial charge on any atom is 0.231 e. The Hall–Kier alpha value is -3.12. The predicted molar refractivity (Wildman–Crippen MR) is 122 cm³/mol. The van der Waals surface area contributed by atoms with E-state index in [1.165, 1.54) is 9.75 Å². The number of carbonyl (C=O) groups excluding carboxylic acids is 1. The number of nitrogens with one attached hydrogen (secondary N) is 1.